The van der Waals surface area contributed by atoms with Crippen molar-refractivity contribution in [2.45, 2.75) is 63.6 Å². The molecule has 0 aromatic heterocycles. The van der Waals surface area contributed by atoms with Gasteiger partial charge in [-0.2, -0.15) is 0 Å². The molecule has 1 saturated carbocycles. The topological polar surface area (TPSA) is 24.5 Å². The zero-order valence-corrected chi connectivity index (χ0v) is 11.5. The van der Waals surface area contributed by atoms with Gasteiger partial charge in [-0.1, -0.05) is 12.8 Å². The molecular weight excluding hydrogens is 212 g/mol. The van der Waals surface area contributed by atoms with Crippen LogP contribution < -0.4 is 5.32 Å². The first-order chi connectivity index (χ1) is 8.31. The van der Waals surface area contributed by atoms with Crippen molar-refractivity contribution in [2.24, 2.45) is 0 Å². The summed E-state index contributed by atoms with van der Waals surface area (Å²) in [6, 6.07) is 1.38. The molecule has 3 unspecified atom stereocenters. The second kappa shape index (κ2) is 6.72. The van der Waals surface area contributed by atoms with Crippen LogP contribution in [-0.4, -0.2) is 49.8 Å². The summed E-state index contributed by atoms with van der Waals surface area (Å²) < 4.78 is 5.91. The van der Waals surface area contributed by atoms with Gasteiger partial charge >= 0.3 is 0 Å². The van der Waals surface area contributed by atoms with E-state index >= 15 is 0 Å². The van der Waals surface area contributed by atoms with E-state index in [2.05, 4.69) is 24.2 Å². The van der Waals surface area contributed by atoms with Gasteiger partial charge in [0.25, 0.3) is 0 Å². The Hall–Kier alpha value is -0.120. The Morgan fingerprint density at radius 3 is 3.00 bits per heavy atom. The van der Waals surface area contributed by atoms with Crippen LogP contribution in [0.25, 0.3) is 0 Å². The van der Waals surface area contributed by atoms with Crippen molar-refractivity contribution in [3.05, 3.63) is 0 Å². The Morgan fingerprint density at radius 1 is 1.35 bits per heavy atom. The van der Waals surface area contributed by atoms with Gasteiger partial charge < -0.3 is 10.1 Å². The number of hydrogen-bond acceptors (Lipinski definition) is 3. The molecule has 1 N–H and O–H groups in total. The summed E-state index contributed by atoms with van der Waals surface area (Å²) >= 11 is 0. The average Bonchev–Trinajstić information content (AvgIpc) is 2.39. The third-order valence-corrected chi connectivity index (χ3v) is 4.42. The number of nitrogens with one attached hydrogen (secondary N) is 1. The lowest BCUT2D eigenvalue weighted by Gasteiger charge is -2.44. The van der Waals surface area contributed by atoms with Crippen molar-refractivity contribution in [3.63, 3.8) is 0 Å². The van der Waals surface area contributed by atoms with Crippen LogP contribution in [-0.2, 0) is 4.74 Å². The van der Waals surface area contributed by atoms with Gasteiger partial charge in [-0.15, -0.1) is 0 Å². The van der Waals surface area contributed by atoms with E-state index in [1.165, 1.54) is 45.1 Å². The second-order valence-electron chi connectivity index (χ2n) is 5.63. The summed E-state index contributed by atoms with van der Waals surface area (Å²) in [6.07, 6.45) is 8.54. The summed E-state index contributed by atoms with van der Waals surface area (Å²) in [5.74, 6) is 0. The predicted octanol–water partition coefficient (Wildman–Crippen LogP) is 2.02. The molecule has 0 bridgehead atoms. The van der Waals surface area contributed by atoms with E-state index in [4.69, 9.17) is 4.74 Å². The fourth-order valence-corrected chi connectivity index (χ4v) is 3.20. The molecule has 17 heavy (non-hydrogen) atoms. The van der Waals surface area contributed by atoms with E-state index in [1.54, 1.807) is 0 Å². The number of nitrogens with zero attached hydrogens (tertiary/aromatic N) is 1. The Labute approximate surface area is 106 Å². The van der Waals surface area contributed by atoms with Crippen LogP contribution in [0.4, 0.5) is 0 Å². The molecule has 3 heteroatoms. The van der Waals surface area contributed by atoms with Gasteiger partial charge in [0, 0.05) is 18.6 Å². The zero-order chi connectivity index (χ0) is 12.1. The van der Waals surface area contributed by atoms with Crippen LogP contribution in [0, 0.1) is 0 Å². The van der Waals surface area contributed by atoms with Crippen LogP contribution in [0.1, 0.15) is 45.4 Å². The zero-order valence-electron chi connectivity index (χ0n) is 11.5. The van der Waals surface area contributed by atoms with Crippen molar-refractivity contribution < 1.29 is 4.74 Å². The molecule has 3 nitrogen and oxygen atoms in total. The molecule has 0 amide bonds. The maximum Gasteiger partial charge on any atom is 0.0730 e. The standard InChI is InChI=1S/C14H28N2O/c1-12(15-2)6-5-9-16-10-11-17-14-8-4-3-7-13(14)16/h12-15H,3-11H2,1-2H3. The van der Waals surface area contributed by atoms with E-state index < -0.39 is 0 Å². The maximum absolute atomic E-state index is 5.91. The molecule has 0 aromatic rings. The van der Waals surface area contributed by atoms with E-state index in [9.17, 15) is 0 Å². The lowest BCUT2D eigenvalue weighted by molar-refractivity contribution is -0.0883. The summed E-state index contributed by atoms with van der Waals surface area (Å²) in [4.78, 5) is 2.69. The van der Waals surface area contributed by atoms with E-state index in [-0.39, 0.29) is 0 Å². The smallest absolute Gasteiger partial charge is 0.0730 e. The molecule has 0 spiro atoms. The predicted molar refractivity (Wildman–Crippen MR) is 71.3 cm³/mol. The quantitative estimate of drug-likeness (QED) is 0.795. The molecular formula is C14H28N2O. The number of morpholine rings is 1. The SMILES string of the molecule is CNC(C)CCCN1CCOC2CCCCC21. The highest BCUT2D eigenvalue weighted by Crippen LogP contribution is 2.28. The highest BCUT2D eigenvalue weighted by Gasteiger charge is 2.33. The van der Waals surface area contributed by atoms with E-state index in [0.29, 0.717) is 12.1 Å². The van der Waals surface area contributed by atoms with E-state index in [0.717, 1.165) is 19.2 Å². The van der Waals surface area contributed by atoms with Crippen LogP contribution in [0.5, 0.6) is 0 Å². The molecule has 3 atom stereocenters. The molecule has 1 aliphatic heterocycles. The van der Waals surface area contributed by atoms with Crippen LogP contribution >= 0.6 is 0 Å². The minimum atomic E-state index is 0.541. The van der Waals surface area contributed by atoms with Crippen molar-refractivity contribution in [3.8, 4) is 0 Å². The summed E-state index contributed by atoms with van der Waals surface area (Å²) in [5, 5.41) is 3.32. The van der Waals surface area contributed by atoms with Crippen LogP contribution in [0.3, 0.4) is 0 Å². The molecule has 2 fully saturated rings. The van der Waals surface area contributed by atoms with Gasteiger partial charge in [-0.05, 0) is 46.2 Å². The van der Waals surface area contributed by atoms with Crippen LogP contribution in [0.2, 0.25) is 0 Å². The first-order valence-electron chi connectivity index (χ1n) is 7.34. The largest absolute Gasteiger partial charge is 0.375 e. The van der Waals surface area contributed by atoms with Crippen molar-refractivity contribution in [1.82, 2.24) is 10.2 Å². The molecule has 1 aliphatic carbocycles. The van der Waals surface area contributed by atoms with Gasteiger partial charge in [0.1, 0.15) is 0 Å². The second-order valence-corrected chi connectivity index (χ2v) is 5.63. The first-order valence-corrected chi connectivity index (χ1v) is 7.34. The van der Waals surface area contributed by atoms with Gasteiger partial charge in [-0.3, -0.25) is 4.90 Å². The molecule has 0 aromatic carbocycles. The third kappa shape index (κ3) is 3.67. The summed E-state index contributed by atoms with van der Waals surface area (Å²) in [7, 11) is 2.05. The summed E-state index contributed by atoms with van der Waals surface area (Å²) in [5.41, 5.74) is 0. The van der Waals surface area contributed by atoms with Crippen LogP contribution in [0.15, 0.2) is 0 Å². The maximum atomic E-state index is 5.91. The Morgan fingerprint density at radius 2 is 2.18 bits per heavy atom. The Kier molecular flexibility index (Phi) is 5.26. The lowest BCUT2D eigenvalue weighted by atomic mass is 9.90. The minimum absolute atomic E-state index is 0.541. The minimum Gasteiger partial charge on any atom is -0.375 e. The third-order valence-electron chi connectivity index (χ3n) is 4.42. The van der Waals surface area contributed by atoms with Crippen molar-refractivity contribution >= 4 is 0 Å². The van der Waals surface area contributed by atoms with Gasteiger partial charge in [0.15, 0.2) is 0 Å². The number of fused-ring (bicyclic) bond motifs is 1. The fraction of sp³-hybridized carbons (Fsp3) is 1.00. The molecule has 1 heterocycles. The molecule has 0 radical (unpaired) electrons. The molecule has 2 aliphatic rings. The van der Waals surface area contributed by atoms with Crippen molar-refractivity contribution in [2.75, 3.05) is 26.7 Å². The first kappa shape index (κ1) is 13.3. The highest BCUT2D eigenvalue weighted by molar-refractivity contribution is 4.87. The Balaban J connectivity index is 1.74. The molecule has 2 rings (SSSR count). The number of rotatable bonds is 5. The monoisotopic (exact) mass is 240 g/mol. The fourth-order valence-electron chi connectivity index (χ4n) is 3.20. The number of hydrogen-bond donors (Lipinski definition) is 1. The molecule has 1 saturated heterocycles. The van der Waals surface area contributed by atoms with E-state index in [1.807, 2.05) is 0 Å². The van der Waals surface area contributed by atoms with Crippen molar-refractivity contribution in [1.29, 1.82) is 0 Å². The molecule has 100 valence electrons. The number of ether oxygens (including phenoxy) is 1. The normalized spacial score (nSPS) is 32.1. The average molecular weight is 240 g/mol. The summed E-state index contributed by atoms with van der Waals surface area (Å²) in [6.45, 7) is 5.62. The van der Waals surface area contributed by atoms with Gasteiger partial charge in [0.2, 0.25) is 0 Å². The highest BCUT2D eigenvalue weighted by atomic mass is 16.5. The Bertz CT molecular complexity index is 220. The lowest BCUT2D eigenvalue weighted by Crippen LogP contribution is -2.52. The van der Waals surface area contributed by atoms with Gasteiger partial charge in [0.05, 0.1) is 12.7 Å². The van der Waals surface area contributed by atoms with Gasteiger partial charge in [-0.25, -0.2) is 0 Å².